The van der Waals surface area contributed by atoms with Crippen LogP contribution in [0.15, 0.2) is 54.7 Å². The molecule has 26 heavy (non-hydrogen) atoms. The second-order valence-corrected chi connectivity index (χ2v) is 7.00. The Labute approximate surface area is 157 Å². The van der Waals surface area contributed by atoms with E-state index in [2.05, 4.69) is 16.1 Å². The number of aryl methyl sites for hydroxylation is 2. The van der Waals surface area contributed by atoms with Crippen molar-refractivity contribution in [2.45, 2.75) is 32.2 Å². The number of carbonyl (C=O) groups is 1. The molecule has 2 aromatic carbocycles. The minimum absolute atomic E-state index is 0.0839. The number of carbonyl (C=O) groups excluding carboxylic acids is 1. The second kappa shape index (κ2) is 7.34. The number of nitrogens with one attached hydrogen (secondary N) is 1. The first kappa shape index (κ1) is 16.9. The molecule has 132 valence electrons. The molecule has 0 saturated heterocycles. The highest BCUT2D eigenvalue weighted by molar-refractivity contribution is 6.31. The first-order valence-electron chi connectivity index (χ1n) is 8.89. The molecule has 0 radical (unpaired) electrons. The molecular weight excluding hydrogens is 346 g/mol. The van der Waals surface area contributed by atoms with E-state index in [9.17, 15) is 4.79 Å². The molecule has 0 atom stereocenters. The fraction of sp³-hybridized carbons (Fsp3) is 0.238. The number of imidazole rings is 1. The number of fused-ring (bicyclic) bond motifs is 1. The summed E-state index contributed by atoms with van der Waals surface area (Å²) in [5, 5.41) is 3.57. The number of nitrogens with zero attached hydrogens (tertiary/aromatic N) is 2. The van der Waals surface area contributed by atoms with Crippen LogP contribution < -0.4 is 5.32 Å². The van der Waals surface area contributed by atoms with Crippen molar-refractivity contribution in [1.82, 2.24) is 9.55 Å². The van der Waals surface area contributed by atoms with Gasteiger partial charge in [0.25, 0.3) is 0 Å². The first-order valence-corrected chi connectivity index (χ1v) is 9.26. The predicted octanol–water partition coefficient (Wildman–Crippen LogP) is 4.72. The Hall–Kier alpha value is -2.59. The van der Waals surface area contributed by atoms with Crippen LogP contribution in [0.4, 0.5) is 5.69 Å². The molecule has 4 nitrogen and oxygen atoms in total. The van der Waals surface area contributed by atoms with Crippen LogP contribution in [0.1, 0.15) is 24.2 Å². The summed E-state index contributed by atoms with van der Waals surface area (Å²) in [5.41, 5.74) is 3.57. The quantitative estimate of drug-likeness (QED) is 0.727. The van der Waals surface area contributed by atoms with Crippen molar-refractivity contribution in [3.63, 3.8) is 0 Å². The summed E-state index contributed by atoms with van der Waals surface area (Å²) in [6.07, 6.45) is 5.81. The molecule has 2 heterocycles. The minimum atomic E-state index is -0.0839. The molecule has 1 N–H and O–H groups in total. The van der Waals surface area contributed by atoms with Crippen LogP contribution in [0.3, 0.4) is 0 Å². The number of halogens is 1. The fourth-order valence-electron chi connectivity index (χ4n) is 3.33. The smallest absolute Gasteiger partial charge is 0.228 e. The predicted molar refractivity (Wildman–Crippen MR) is 104 cm³/mol. The van der Waals surface area contributed by atoms with Gasteiger partial charge < -0.3 is 9.88 Å². The number of rotatable bonds is 4. The number of aromatic nitrogens is 2. The van der Waals surface area contributed by atoms with Gasteiger partial charge >= 0.3 is 0 Å². The molecule has 4 rings (SSSR count). The van der Waals surface area contributed by atoms with Gasteiger partial charge in [0, 0.05) is 35.4 Å². The second-order valence-electron chi connectivity index (χ2n) is 6.59. The summed E-state index contributed by atoms with van der Waals surface area (Å²) >= 11 is 6.14. The van der Waals surface area contributed by atoms with Gasteiger partial charge in [-0.2, -0.15) is 0 Å². The fourth-order valence-corrected chi connectivity index (χ4v) is 3.53. The van der Waals surface area contributed by atoms with E-state index in [0.717, 1.165) is 41.3 Å². The van der Waals surface area contributed by atoms with Gasteiger partial charge in [0.15, 0.2) is 0 Å². The maximum absolute atomic E-state index is 12.4. The van der Waals surface area contributed by atoms with E-state index < -0.39 is 0 Å². The molecule has 0 saturated carbocycles. The number of anilines is 1. The Morgan fingerprint density at radius 3 is 2.88 bits per heavy atom. The highest BCUT2D eigenvalue weighted by Gasteiger charge is 2.14. The van der Waals surface area contributed by atoms with E-state index in [4.69, 9.17) is 16.6 Å². The van der Waals surface area contributed by atoms with Crippen molar-refractivity contribution in [3.8, 4) is 11.3 Å². The van der Waals surface area contributed by atoms with Crippen molar-refractivity contribution in [3.05, 3.63) is 71.1 Å². The third-order valence-electron chi connectivity index (χ3n) is 4.66. The lowest BCUT2D eigenvalue weighted by Gasteiger charge is -2.11. The summed E-state index contributed by atoms with van der Waals surface area (Å²) in [7, 11) is 0. The highest BCUT2D eigenvalue weighted by Crippen LogP contribution is 2.25. The van der Waals surface area contributed by atoms with E-state index in [1.165, 1.54) is 12.8 Å². The third kappa shape index (κ3) is 3.65. The molecule has 0 aliphatic carbocycles. The van der Waals surface area contributed by atoms with Crippen molar-refractivity contribution in [1.29, 1.82) is 0 Å². The molecule has 1 aliphatic heterocycles. The van der Waals surface area contributed by atoms with Gasteiger partial charge in [-0.15, -0.1) is 0 Å². The first-order chi connectivity index (χ1) is 12.7. The van der Waals surface area contributed by atoms with Gasteiger partial charge in [0.1, 0.15) is 5.82 Å². The highest BCUT2D eigenvalue weighted by atomic mass is 35.5. The van der Waals surface area contributed by atoms with Crippen LogP contribution in [-0.2, 0) is 24.2 Å². The van der Waals surface area contributed by atoms with Gasteiger partial charge in [-0.1, -0.05) is 41.9 Å². The molecule has 0 bridgehead atoms. The Morgan fingerprint density at radius 2 is 2.04 bits per heavy atom. The number of hydrogen-bond acceptors (Lipinski definition) is 2. The van der Waals surface area contributed by atoms with Crippen LogP contribution in [0, 0.1) is 0 Å². The Kier molecular flexibility index (Phi) is 4.76. The Balaban J connectivity index is 1.50. The lowest BCUT2D eigenvalue weighted by Crippen LogP contribution is -2.14. The van der Waals surface area contributed by atoms with Crippen LogP contribution in [-0.4, -0.2) is 15.5 Å². The van der Waals surface area contributed by atoms with Gasteiger partial charge in [0.05, 0.1) is 12.1 Å². The summed E-state index contributed by atoms with van der Waals surface area (Å²) in [5.74, 6) is 1.07. The monoisotopic (exact) mass is 365 g/mol. The summed E-state index contributed by atoms with van der Waals surface area (Å²) in [4.78, 5) is 17.1. The maximum atomic E-state index is 12.4. The standard InChI is InChI=1S/C21H20ClN3O/c22-18-9-2-1-6-15(18)13-21(26)23-17-8-5-7-16(12-17)19-14-25-11-4-3-10-20(25)24-19/h1-2,5-9,12,14H,3-4,10-11,13H2,(H,23,26). The topological polar surface area (TPSA) is 46.9 Å². The van der Waals surface area contributed by atoms with E-state index in [0.29, 0.717) is 5.02 Å². The zero-order valence-corrected chi connectivity index (χ0v) is 15.2. The average Bonchev–Trinajstić information content (AvgIpc) is 3.08. The van der Waals surface area contributed by atoms with E-state index >= 15 is 0 Å². The minimum Gasteiger partial charge on any atom is -0.334 e. The Bertz CT molecular complexity index is 924. The third-order valence-corrected chi connectivity index (χ3v) is 5.03. The Morgan fingerprint density at radius 1 is 1.15 bits per heavy atom. The van der Waals surface area contributed by atoms with E-state index in [1.54, 1.807) is 6.07 Å². The number of benzene rings is 2. The van der Waals surface area contributed by atoms with Crippen molar-refractivity contribution in [2.24, 2.45) is 0 Å². The molecule has 1 aromatic heterocycles. The summed E-state index contributed by atoms with van der Waals surface area (Å²) < 4.78 is 2.24. The zero-order chi connectivity index (χ0) is 17.9. The molecule has 1 amide bonds. The lowest BCUT2D eigenvalue weighted by molar-refractivity contribution is -0.115. The number of amides is 1. The summed E-state index contributed by atoms with van der Waals surface area (Å²) in [6.45, 7) is 1.04. The molecule has 0 unspecified atom stereocenters. The van der Waals surface area contributed by atoms with Gasteiger partial charge in [-0.3, -0.25) is 4.79 Å². The van der Waals surface area contributed by atoms with Crippen molar-refractivity contribution < 1.29 is 4.79 Å². The van der Waals surface area contributed by atoms with Crippen molar-refractivity contribution >= 4 is 23.2 Å². The lowest BCUT2D eigenvalue weighted by atomic mass is 10.1. The average molecular weight is 366 g/mol. The van der Waals surface area contributed by atoms with Crippen molar-refractivity contribution in [2.75, 3.05) is 5.32 Å². The molecule has 0 fully saturated rings. The van der Waals surface area contributed by atoms with E-state index in [1.807, 2.05) is 42.5 Å². The molecule has 1 aliphatic rings. The maximum Gasteiger partial charge on any atom is 0.228 e. The largest absolute Gasteiger partial charge is 0.334 e. The van der Waals surface area contributed by atoms with Crippen LogP contribution in [0.2, 0.25) is 5.02 Å². The molecule has 3 aromatic rings. The van der Waals surface area contributed by atoms with Crippen LogP contribution >= 0.6 is 11.6 Å². The summed E-state index contributed by atoms with van der Waals surface area (Å²) in [6, 6.07) is 15.2. The van der Waals surface area contributed by atoms with Crippen LogP contribution in [0.25, 0.3) is 11.3 Å². The van der Waals surface area contributed by atoms with E-state index in [-0.39, 0.29) is 12.3 Å². The molecular formula is C21H20ClN3O. The van der Waals surface area contributed by atoms with Gasteiger partial charge in [-0.05, 0) is 36.6 Å². The van der Waals surface area contributed by atoms with Gasteiger partial charge in [0.2, 0.25) is 5.91 Å². The molecule has 5 heteroatoms. The normalized spacial score (nSPS) is 13.3. The number of hydrogen-bond donors (Lipinski definition) is 1. The van der Waals surface area contributed by atoms with Crippen LogP contribution in [0.5, 0.6) is 0 Å². The van der Waals surface area contributed by atoms with Gasteiger partial charge in [-0.25, -0.2) is 4.98 Å². The zero-order valence-electron chi connectivity index (χ0n) is 14.4. The SMILES string of the molecule is O=C(Cc1ccccc1Cl)Nc1cccc(-c2cn3c(n2)CCCC3)c1. The molecule has 0 spiro atoms.